The fourth-order valence-corrected chi connectivity index (χ4v) is 3.76. The summed E-state index contributed by atoms with van der Waals surface area (Å²) >= 11 is 5.91. The number of nitrogens with zero attached hydrogens (tertiary/aromatic N) is 1. The summed E-state index contributed by atoms with van der Waals surface area (Å²) in [5.41, 5.74) is 5.36. The van der Waals surface area contributed by atoms with Crippen molar-refractivity contribution in [2.24, 2.45) is 0 Å². The predicted octanol–water partition coefficient (Wildman–Crippen LogP) is 2.80. The summed E-state index contributed by atoms with van der Waals surface area (Å²) in [6, 6.07) is 9.96. The summed E-state index contributed by atoms with van der Waals surface area (Å²) in [5, 5.41) is 11.0. The number of hydrogen-bond donors (Lipinski definition) is 1. The Morgan fingerprint density at radius 1 is 1.14 bits per heavy atom. The minimum Gasteiger partial charge on any atom is -0.398 e. The Balaban J connectivity index is 2.52. The first-order valence-corrected chi connectivity index (χ1v) is 7.85. The summed E-state index contributed by atoms with van der Waals surface area (Å²) in [6.45, 7) is 0. The highest BCUT2D eigenvalue weighted by Crippen LogP contribution is 2.31. The number of para-hydroxylation sites is 1. The molecule has 110 valence electrons. The van der Waals surface area contributed by atoms with Gasteiger partial charge in [-0.2, -0.15) is 0 Å². The Labute approximate surface area is 126 Å². The Bertz CT molecular complexity index is 806. The molecule has 6 nitrogen and oxygen atoms in total. The van der Waals surface area contributed by atoms with E-state index >= 15 is 0 Å². The molecule has 8 heteroatoms. The molecule has 0 aliphatic rings. The summed E-state index contributed by atoms with van der Waals surface area (Å²) < 4.78 is 24.8. The maximum Gasteiger partial charge on any atom is 0.275 e. The SMILES string of the molecule is Nc1ccccc1S(=O)(=O)Cc1c(Cl)cccc1[N+](=O)[O-]. The number of halogens is 1. The molecule has 0 amide bonds. The average molecular weight is 327 g/mol. The molecule has 0 radical (unpaired) electrons. The fourth-order valence-electron chi connectivity index (χ4n) is 1.89. The summed E-state index contributed by atoms with van der Waals surface area (Å²) in [5.74, 6) is -0.586. The smallest absolute Gasteiger partial charge is 0.275 e. The molecular formula is C13H11ClN2O4S. The second kappa shape index (κ2) is 5.71. The predicted molar refractivity (Wildman–Crippen MR) is 79.9 cm³/mol. The van der Waals surface area contributed by atoms with Crippen LogP contribution in [0.5, 0.6) is 0 Å². The lowest BCUT2D eigenvalue weighted by molar-refractivity contribution is -0.385. The number of nitro benzene ring substituents is 1. The highest BCUT2D eigenvalue weighted by molar-refractivity contribution is 7.90. The molecule has 0 aromatic heterocycles. The highest BCUT2D eigenvalue weighted by Gasteiger charge is 2.25. The molecule has 0 aliphatic carbocycles. The van der Waals surface area contributed by atoms with E-state index in [1.54, 1.807) is 6.07 Å². The van der Waals surface area contributed by atoms with Gasteiger partial charge in [-0.1, -0.05) is 29.8 Å². The molecule has 2 N–H and O–H groups in total. The van der Waals surface area contributed by atoms with Gasteiger partial charge < -0.3 is 5.73 Å². The van der Waals surface area contributed by atoms with Gasteiger partial charge >= 0.3 is 0 Å². The van der Waals surface area contributed by atoms with Gasteiger partial charge in [0.25, 0.3) is 5.69 Å². The van der Waals surface area contributed by atoms with E-state index in [0.717, 1.165) is 0 Å². The van der Waals surface area contributed by atoms with Crippen molar-refractivity contribution < 1.29 is 13.3 Å². The molecule has 21 heavy (non-hydrogen) atoms. The molecule has 0 aliphatic heterocycles. The third kappa shape index (κ3) is 3.14. The van der Waals surface area contributed by atoms with Crippen LogP contribution in [0.3, 0.4) is 0 Å². The lowest BCUT2D eigenvalue weighted by Gasteiger charge is -2.09. The largest absolute Gasteiger partial charge is 0.398 e. The first-order chi connectivity index (χ1) is 9.83. The quantitative estimate of drug-likeness (QED) is 0.528. The van der Waals surface area contributed by atoms with Crippen molar-refractivity contribution >= 4 is 32.8 Å². The van der Waals surface area contributed by atoms with Crippen molar-refractivity contribution in [3.63, 3.8) is 0 Å². The van der Waals surface area contributed by atoms with Gasteiger partial charge in [0.1, 0.15) is 0 Å². The van der Waals surface area contributed by atoms with Crippen molar-refractivity contribution in [1.29, 1.82) is 0 Å². The molecule has 0 saturated heterocycles. The van der Waals surface area contributed by atoms with Crippen LogP contribution in [-0.4, -0.2) is 13.3 Å². The maximum atomic E-state index is 12.4. The van der Waals surface area contributed by atoms with Crippen molar-refractivity contribution in [3.8, 4) is 0 Å². The Hall–Kier alpha value is -2.12. The molecule has 0 saturated carbocycles. The highest BCUT2D eigenvalue weighted by atomic mass is 35.5. The number of hydrogen-bond acceptors (Lipinski definition) is 5. The molecule has 0 atom stereocenters. The van der Waals surface area contributed by atoms with Gasteiger partial charge in [-0.25, -0.2) is 8.42 Å². The minimum atomic E-state index is -3.84. The number of rotatable bonds is 4. The van der Waals surface area contributed by atoms with E-state index < -0.39 is 20.5 Å². The third-order valence-electron chi connectivity index (χ3n) is 2.88. The molecule has 0 bridgehead atoms. The molecule has 2 rings (SSSR count). The molecule has 2 aromatic carbocycles. The van der Waals surface area contributed by atoms with Crippen LogP contribution in [0.4, 0.5) is 11.4 Å². The van der Waals surface area contributed by atoms with Gasteiger partial charge in [0.15, 0.2) is 9.84 Å². The molecule has 0 fully saturated rings. The second-order valence-corrected chi connectivity index (χ2v) is 6.66. The average Bonchev–Trinajstić information content (AvgIpc) is 2.41. The van der Waals surface area contributed by atoms with E-state index in [-0.39, 0.29) is 26.9 Å². The maximum absolute atomic E-state index is 12.4. The monoisotopic (exact) mass is 326 g/mol. The number of anilines is 1. The number of nitrogen functional groups attached to an aromatic ring is 1. The van der Waals surface area contributed by atoms with Gasteiger partial charge in [0, 0.05) is 6.07 Å². The van der Waals surface area contributed by atoms with Crippen LogP contribution < -0.4 is 5.73 Å². The van der Waals surface area contributed by atoms with Crippen molar-refractivity contribution in [1.82, 2.24) is 0 Å². The summed E-state index contributed by atoms with van der Waals surface area (Å²) in [7, 11) is -3.84. The van der Waals surface area contributed by atoms with Crippen molar-refractivity contribution in [2.45, 2.75) is 10.6 Å². The van der Waals surface area contributed by atoms with Crippen LogP contribution in [0.25, 0.3) is 0 Å². The van der Waals surface area contributed by atoms with Crippen molar-refractivity contribution in [3.05, 3.63) is 63.2 Å². The zero-order valence-corrected chi connectivity index (χ0v) is 12.3. The molecule has 0 spiro atoms. The molecular weight excluding hydrogens is 316 g/mol. The summed E-state index contributed by atoms with van der Waals surface area (Å²) in [4.78, 5) is 10.3. The first kappa shape index (κ1) is 15.3. The minimum absolute atomic E-state index is 0.0299. The summed E-state index contributed by atoms with van der Waals surface area (Å²) in [6.07, 6.45) is 0. The third-order valence-corrected chi connectivity index (χ3v) is 4.94. The first-order valence-electron chi connectivity index (χ1n) is 5.82. The second-order valence-electron chi connectivity index (χ2n) is 4.29. The fraction of sp³-hybridized carbons (Fsp3) is 0.0769. The van der Waals surface area contributed by atoms with Crippen LogP contribution in [-0.2, 0) is 15.6 Å². The van der Waals surface area contributed by atoms with Crippen LogP contribution in [0.15, 0.2) is 47.4 Å². The van der Waals surface area contributed by atoms with E-state index in [0.29, 0.717) is 0 Å². The zero-order valence-electron chi connectivity index (χ0n) is 10.7. The van der Waals surface area contributed by atoms with Gasteiger partial charge in [-0.15, -0.1) is 0 Å². The van der Waals surface area contributed by atoms with Crippen molar-refractivity contribution in [2.75, 3.05) is 5.73 Å². The molecule has 0 unspecified atom stereocenters. The topological polar surface area (TPSA) is 103 Å². The standard InChI is InChI=1S/C13H11ClN2O4S/c14-10-4-3-6-12(16(17)18)9(10)8-21(19,20)13-7-2-1-5-11(13)15/h1-7H,8,15H2. The lowest BCUT2D eigenvalue weighted by Crippen LogP contribution is -2.09. The van der Waals surface area contributed by atoms with Gasteiger partial charge in [-0.05, 0) is 18.2 Å². The van der Waals surface area contributed by atoms with E-state index in [9.17, 15) is 18.5 Å². The van der Waals surface area contributed by atoms with E-state index in [4.69, 9.17) is 17.3 Å². The van der Waals surface area contributed by atoms with E-state index in [1.807, 2.05) is 0 Å². The number of nitro groups is 1. The van der Waals surface area contributed by atoms with Gasteiger partial charge in [0.2, 0.25) is 0 Å². The van der Waals surface area contributed by atoms with E-state index in [1.165, 1.54) is 36.4 Å². The Morgan fingerprint density at radius 3 is 2.43 bits per heavy atom. The van der Waals surface area contributed by atoms with Crippen LogP contribution in [0.1, 0.15) is 5.56 Å². The van der Waals surface area contributed by atoms with Crippen LogP contribution in [0.2, 0.25) is 5.02 Å². The number of sulfone groups is 1. The van der Waals surface area contributed by atoms with Crippen LogP contribution >= 0.6 is 11.6 Å². The molecule has 2 aromatic rings. The molecule has 0 heterocycles. The normalized spacial score (nSPS) is 11.3. The number of benzene rings is 2. The van der Waals surface area contributed by atoms with Gasteiger partial charge in [0.05, 0.1) is 31.8 Å². The van der Waals surface area contributed by atoms with E-state index in [2.05, 4.69) is 0 Å². The number of nitrogens with two attached hydrogens (primary N) is 1. The Morgan fingerprint density at radius 2 is 1.81 bits per heavy atom. The lowest BCUT2D eigenvalue weighted by atomic mass is 10.2. The zero-order chi connectivity index (χ0) is 15.6. The van der Waals surface area contributed by atoms with Gasteiger partial charge in [-0.3, -0.25) is 10.1 Å². The van der Waals surface area contributed by atoms with Crippen LogP contribution in [0, 0.1) is 10.1 Å². The Kier molecular flexibility index (Phi) is 4.15.